The smallest absolute Gasteiger partial charge is 0.405 e. The van der Waals surface area contributed by atoms with E-state index in [1.807, 2.05) is 38.7 Å². The Morgan fingerprint density at radius 2 is 1.45 bits per heavy atom. The quantitative estimate of drug-likeness (QED) is 0.0936. The predicted molar refractivity (Wildman–Crippen MR) is 226 cm³/mol. The van der Waals surface area contributed by atoms with Crippen molar-refractivity contribution in [3.63, 3.8) is 0 Å². The van der Waals surface area contributed by atoms with Gasteiger partial charge in [-0.25, -0.2) is 14.6 Å². The summed E-state index contributed by atoms with van der Waals surface area (Å²) in [4.78, 5) is 67.2. The van der Waals surface area contributed by atoms with E-state index in [0.717, 1.165) is 63.9 Å². The fraction of sp³-hybridized carbons (Fsp3) is 0.429. The van der Waals surface area contributed by atoms with Crippen molar-refractivity contribution in [1.82, 2.24) is 35.7 Å². The van der Waals surface area contributed by atoms with Gasteiger partial charge in [0.2, 0.25) is 11.8 Å². The van der Waals surface area contributed by atoms with Gasteiger partial charge in [-0.05, 0) is 54.2 Å². The summed E-state index contributed by atoms with van der Waals surface area (Å²) in [5, 5.41) is 31.8. The third kappa shape index (κ3) is 6.85. The number of likely N-dealkylation sites (tertiary alicyclic amines) is 2. The molecule has 0 saturated carbocycles. The van der Waals surface area contributed by atoms with Gasteiger partial charge in [-0.3, -0.25) is 14.6 Å². The van der Waals surface area contributed by atoms with Crippen LogP contribution in [-0.2, 0) is 9.59 Å². The van der Waals surface area contributed by atoms with Gasteiger partial charge in [-0.1, -0.05) is 70.2 Å². The molecule has 4 aromatic rings. The van der Waals surface area contributed by atoms with Gasteiger partial charge in [0.1, 0.15) is 23.4 Å². The molecule has 0 bridgehead atoms. The van der Waals surface area contributed by atoms with Crippen molar-refractivity contribution in [3.05, 3.63) is 70.8 Å². The fourth-order valence-corrected chi connectivity index (χ4v) is 11.6. The number of carbonyl (C=O) groups excluding carboxylic acids is 2. The molecule has 0 spiro atoms. The van der Waals surface area contributed by atoms with E-state index in [4.69, 9.17) is 4.99 Å². The van der Waals surface area contributed by atoms with Crippen LogP contribution in [0.4, 0.5) is 9.59 Å². The maximum atomic E-state index is 14.1. The number of imidazole rings is 1. The second-order valence-electron chi connectivity index (χ2n) is 16.1. The fourth-order valence-electron chi connectivity index (χ4n) is 9.20. The molecule has 6 atom stereocenters. The molecule has 58 heavy (non-hydrogen) atoms. The molecule has 8 rings (SSSR count). The number of rotatable bonds is 11. The number of thiophene rings is 2. The molecule has 3 aliphatic heterocycles. The highest BCUT2D eigenvalue weighted by Gasteiger charge is 2.56. The minimum absolute atomic E-state index is 0.195. The van der Waals surface area contributed by atoms with Crippen molar-refractivity contribution in [3.8, 4) is 22.4 Å². The number of nitrogens with zero attached hydrogens (tertiary/aromatic N) is 4. The Morgan fingerprint density at radius 3 is 2.12 bits per heavy atom. The maximum Gasteiger partial charge on any atom is 0.405 e. The van der Waals surface area contributed by atoms with E-state index >= 15 is 0 Å². The number of aromatic amines is 1. The molecule has 6 heterocycles. The lowest BCUT2D eigenvalue weighted by Crippen LogP contribution is -2.65. The molecule has 1 aromatic carbocycles. The minimum Gasteiger partial charge on any atom is -0.465 e. The van der Waals surface area contributed by atoms with Gasteiger partial charge < -0.3 is 40.9 Å². The third-order valence-electron chi connectivity index (χ3n) is 12.0. The molecule has 0 radical (unpaired) electrons. The summed E-state index contributed by atoms with van der Waals surface area (Å²) in [7, 11) is 0. The number of carbonyl (C=O) groups is 4. The molecule has 3 unspecified atom stereocenters. The molecule has 4 amide bonds. The average molecular weight is 825 g/mol. The summed E-state index contributed by atoms with van der Waals surface area (Å²) in [6.45, 7) is 8.47. The van der Waals surface area contributed by atoms with Crippen LogP contribution in [0.1, 0.15) is 70.8 Å². The Hall–Kier alpha value is -5.48. The average Bonchev–Trinajstić information content (AvgIpc) is 4.04. The first-order valence-electron chi connectivity index (χ1n) is 19.8. The van der Waals surface area contributed by atoms with E-state index in [1.165, 1.54) is 4.70 Å². The molecule has 304 valence electrons. The van der Waals surface area contributed by atoms with Crippen molar-refractivity contribution >= 4 is 68.0 Å². The Morgan fingerprint density at radius 1 is 0.845 bits per heavy atom. The maximum absolute atomic E-state index is 14.1. The number of hydrogen-bond donors (Lipinski definition) is 6. The number of H-pyrrole nitrogens is 1. The van der Waals surface area contributed by atoms with E-state index in [0.29, 0.717) is 18.9 Å². The summed E-state index contributed by atoms with van der Waals surface area (Å²) in [6.07, 6.45) is 10.5. The first kappa shape index (κ1) is 39.4. The van der Waals surface area contributed by atoms with E-state index in [9.17, 15) is 29.4 Å². The predicted octanol–water partition coefficient (Wildman–Crippen LogP) is 6.95. The van der Waals surface area contributed by atoms with Crippen LogP contribution < -0.4 is 16.0 Å². The van der Waals surface area contributed by atoms with Gasteiger partial charge in [0.15, 0.2) is 0 Å². The minimum atomic E-state index is -1.22. The van der Waals surface area contributed by atoms with Crippen LogP contribution in [0.2, 0.25) is 0 Å². The molecule has 2 saturated heterocycles. The van der Waals surface area contributed by atoms with Gasteiger partial charge in [0.25, 0.3) is 0 Å². The van der Waals surface area contributed by atoms with Gasteiger partial charge in [-0.15, -0.1) is 22.7 Å². The van der Waals surface area contributed by atoms with Crippen LogP contribution in [0.3, 0.4) is 0 Å². The van der Waals surface area contributed by atoms with E-state index < -0.39 is 29.8 Å². The number of amides is 4. The number of carboxylic acid groups (broad SMARTS) is 2. The van der Waals surface area contributed by atoms with Crippen molar-refractivity contribution < 1.29 is 29.4 Å². The highest BCUT2D eigenvalue weighted by atomic mass is 32.1. The van der Waals surface area contributed by atoms with Crippen LogP contribution in [0.15, 0.2) is 64.4 Å². The monoisotopic (exact) mass is 824 g/mol. The van der Waals surface area contributed by atoms with E-state index in [1.54, 1.807) is 40.1 Å². The lowest BCUT2D eigenvalue weighted by Gasteiger charge is -2.46. The molecule has 14 nitrogen and oxygen atoms in total. The Kier molecular flexibility index (Phi) is 10.7. The summed E-state index contributed by atoms with van der Waals surface area (Å²) in [5.74, 6) is -0.169. The van der Waals surface area contributed by atoms with Crippen molar-refractivity contribution in [2.45, 2.75) is 89.1 Å². The molecular weight excluding hydrogens is 777 g/mol. The lowest BCUT2D eigenvalue weighted by molar-refractivity contribution is -0.136. The number of aliphatic imine (C=N–C) groups is 1. The van der Waals surface area contributed by atoms with Gasteiger partial charge >= 0.3 is 12.2 Å². The number of aromatic nitrogens is 2. The Balaban J connectivity index is 1.04. The molecule has 1 aliphatic carbocycles. The molecule has 3 aromatic heterocycles. The van der Waals surface area contributed by atoms with E-state index in [-0.39, 0.29) is 41.8 Å². The first-order valence-corrected chi connectivity index (χ1v) is 21.6. The zero-order valence-corrected chi connectivity index (χ0v) is 34.4. The molecule has 4 aliphatic rings. The van der Waals surface area contributed by atoms with Crippen LogP contribution in [0.5, 0.6) is 0 Å². The summed E-state index contributed by atoms with van der Waals surface area (Å²) in [6, 6.07) is 5.94. The number of benzene rings is 1. The van der Waals surface area contributed by atoms with Crippen LogP contribution in [-0.4, -0.2) is 103 Å². The summed E-state index contributed by atoms with van der Waals surface area (Å²) in [5.41, 5.74) is 5.47. The first-order chi connectivity index (χ1) is 27.9. The van der Waals surface area contributed by atoms with Crippen molar-refractivity contribution in [2.75, 3.05) is 13.1 Å². The number of allylic oxidation sites excluding steroid dienone is 2. The second-order valence-corrected chi connectivity index (χ2v) is 17.9. The standard InChI is InChI=1S/C42H48N8O6S2/c1-22(2)33(47-40(53)54)38(51)49-16-6-9-30(49)37-43-18-29(46-37)25-14-12-24(13-15-25)26-19-57-36-27(20-58-35(26)36)28-8-5-10-31-42(28,45-21-44-31)32-11-7-17-50(32)39(52)34(23(3)4)48-41(55)56/h5,8,10,12-15,18-23,30-34,47-48H,6-7,9,11,16-17H2,1-4H3,(H,43,46)(H,44,45)(H,53,54)(H,55,56)/t30?,31?,32-,33-,34-,42?/m0/s1. The molecular formula is C42H48N8O6S2. The van der Waals surface area contributed by atoms with Crippen LogP contribution >= 0.6 is 22.7 Å². The zero-order chi connectivity index (χ0) is 40.9. The highest BCUT2D eigenvalue weighted by molar-refractivity contribution is 7.27. The number of hydrogen-bond acceptors (Lipinski definition) is 9. The molecule has 16 heteroatoms. The second kappa shape index (κ2) is 15.7. The highest BCUT2D eigenvalue weighted by Crippen LogP contribution is 2.50. The zero-order valence-electron chi connectivity index (χ0n) is 32.8. The van der Waals surface area contributed by atoms with E-state index in [2.05, 4.69) is 73.1 Å². The Bertz CT molecular complexity index is 2330. The SMILES string of the molecule is CC(C)[C@H](NC(=O)O)C(=O)N1CCCC1c1ncc(-c2ccc(-c3csc4c(C5=CC=CC6N=CNC56[C@@H]5CCCN5C(=O)[C@@H](NC(=O)O)C(C)C)csc34)cc2)[nH]1. The van der Waals surface area contributed by atoms with Crippen molar-refractivity contribution in [2.24, 2.45) is 16.8 Å². The number of fused-ring (bicyclic) bond motifs is 2. The van der Waals surface area contributed by atoms with Crippen molar-refractivity contribution in [1.29, 1.82) is 0 Å². The third-order valence-corrected chi connectivity index (χ3v) is 14.2. The summed E-state index contributed by atoms with van der Waals surface area (Å²) < 4.78 is 2.33. The molecule has 2 fully saturated rings. The van der Waals surface area contributed by atoms with Gasteiger partial charge in [-0.2, -0.15) is 0 Å². The van der Waals surface area contributed by atoms with Crippen LogP contribution in [0, 0.1) is 11.8 Å². The lowest BCUT2D eigenvalue weighted by atomic mass is 9.71. The summed E-state index contributed by atoms with van der Waals surface area (Å²) >= 11 is 3.39. The van der Waals surface area contributed by atoms with Gasteiger partial charge in [0, 0.05) is 35.0 Å². The molecule has 6 N–H and O–H groups in total. The Labute approximate surface area is 344 Å². The normalized spacial score (nSPS) is 23.6. The largest absolute Gasteiger partial charge is 0.465 e. The number of nitrogens with one attached hydrogen (secondary N) is 4. The topological polar surface area (TPSA) is 192 Å². The van der Waals surface area contributed by atoms with Crippen LogP contribution in [0.25, 0.3) is 37.4 Å². The van der Waals surface area contributed by atoms with Gasteiger partial charge in [0.05, 0.1) is 45.8 Å².